The Morgan fingerprint density at radius 3 is 2.55 bits per heavy atom. The van der Waals surface area contributed by atoms with E-state index in [9.17, 15) is 9.59 Å². The summed E-state index contributed by atoms with van der Waals surface area (Å²) < 4.78 is 1.93. The van der Waals surface area contributed by atoms with Crippen LogP contribution in [0.15, 0.2) is 48.5 Å². The molecule has 2 aromatic carbocycles. The molecule has 0 radical (unpaired) electrons. The van der Waals surface area contributed by atoms with E-state index in [2.05, 4.69) is 17.2 Å². The fourth-order valence-electron chi connectivity index (χ4n) is 5.28. The molecule has 1 fully saturated rings. The number of benzene rings is 2. The van der Waals surface area contributed by atoms with E-state index in [4.69, 9.17) is 0 Å². The lowest BCUT2D eigenvalue weighted by Gasteiger charge is -2.44. The van der Waals surface area contributed by atoms with Crippen LogP contribution in [0.4, 0.5) is 0 Å². The number of hydrogen-bond donors (Lipinski definition) is 1. The smallest absolute Gasteiger partial charge is 0.291 e. The van der Waals surface area contributed by atoms with Gasteiger partial charge in [-0.05, 0) is 68.7 Å². The summed E-state index contributed by atoms with van der Waals surface area (Å²) in [6.45, 7) is 6.98. The third-order valence-electron chi connectivity index (χ3n) is 7.58. The third-order valence-corrected chi connectivity index (χ3v) is 7.58. The molecule has 172 valence electrons. The Labute approximate surface area is 195 Å². The van der Waals surface area contributed by atoms with E-state index in [1.165, 1.54) is 0 Å². The van der Waals surface area contributed by atoms with Gasteiger partial charge in [0.05, 0.1) is 17.6 Å². The first-order valence-corrected chi connectivity index (χ1v) is 12.0. The molecule has 1 unspecified atom stereocenters. The number of amides is 2. The first-order chi connectivity index (χ1) is 15.9. The Balaban J connectivity index is 1.54. The number of para-hydroxylation sites is 2. The second kappa shape index (κ2) is 8.32. The molecule has 0 spiro atoms. The zero-order valence-electron chi connectivity index (χ0n) is 19.7. The largest absolute Gasteiger partial charge is 0.351 e. The molecule has 1 atom stereocenters. The van der Waals surface area contributed by atoms with Crippen molar-refractivity contribution >= 4 is 22.8 Å². The quantitative estimate of drug-likeness (QED) is 0.646. The molecule has 2 amide bonds. The topological polar surface area (TPSA) is 67.2 Å². The van der Waals surface area contributed by atoms with Crippen LogP contribution in [0.2, 0.25) is 0 Å². The van der Waals surface area contributed by atoms with Gasteiger partial charge in [0.2, 0.25) is 5.91 Å². The number of fused-ring (bicyclic) bond motifs is 3. The molecule has 1 aliphatic heterocycles. The van der Waals surface area contributed by atoms with Crippen LogP contribution in [0.1, 0.15) is 61.3 Å². The molecule has 2 aliphatic rings. The number of carbonyl (C=O) groups is 2. The number of hydrogen-bond acceptors (Lipinski definition) is 3. The summed E-state index contributed by atoms with van der Waals surface area (Å²) >= 11 is 0. The minimum absolute atomic E-state index is 0.0765. The highest BCUT2D eigenvalue weighted by Crippen LogP contribution is 2.33. The Morgan fingerprint density at radius 1 is 1.09 bits per heavy atom. The van der Waals surface area contributed by atoms with Gasteiger partial charge >= 0.3 is 0 Å². The van der Waals surface area contributed by atoms with Gasteiger partial charge in [0.15, 0.2) is 5.82 Å². The highest BCUT2D eigenvalue weighted by atomic mass is 16.2. The number of aromatic nitrogens is 2. The summed E-state index contributed by atoms with van der Waals surface area (Å²) in [5, 5.41) is 3.31. The van der Waals surface area contributed by atoms with E-state index < -0.39 is 5.54 Å². The molecular formula is C27H32N4O2. The molecule has 2 heterocycles. The molecule has 0 saturated heterocycles. The van der Waals surface area contributed by atoms with Crippen molar-refractivity contribution in [3.8, 4) is 0 Å². The van der Waals surface area contributed by atoms with Gasteiger partial charge in [-0.1, -0.05) is 43.3 Å². The molecule has 6 nitrogen and oxygen atoms in total. The molecule has 33 heavy (non-hydrogen) atoms. The van der Waals surface area contributed by atoms with Crippen LogP contribution in [0.5, 0.6) is 0 Å². The Bertz CT molecular complexity index is 1210. The van der Waals surface area contributed by atoms with E-state index in [1.54, 1.807) is 4.90 Å². The second-order valence-corrected chi connectivity index (χ2v) is 10.0. The predicted molar refractivity (Wildman–Crippen MR) is 129 cm³/mol. The van der Waals surface area contributed by atoms with Crippen molar-refractivity contribution in [1.29, 1.82) is 0 Å². The molecule has 1 aromatic heterocycles. The van der Waals surface area contributed by atoms with E-state index in [0.717, 1.165) is 47.8 Å². The molecule has 1 N–H and O–H groups in total. The lowest BCUT2D eigenvalue weighted by molar-refractivity contribution is -0.134. The second-order valence-electron chi connectivity index (χ2n) is 10.0. The SMILES string of the molecule is Cc1ccccc1CN1C(=O)c2nc3ccccc3n2CC1(C)C(=O)NC1CCC(C)CC1. The molecule has 1 aliphatic carbocycles. The summed E-state index contributed by atoms with van der Waals surface area (Å²) in [6, 6.07) is 16.0. The standard InChI is InChI=1S/C27H32N4O2/c1-18-12-14-21(15-13-18)28-26(33)27(3)17-30-23-11-7-6-10-22(23)29-24(30)25(32)31(27)16-20-9-5-4-8-19(20)2/h4-11,18,21H,12-17H2,1-3H3,(H,28,33). The number of carbonyl (C=O) groups excluding carboxylic acids is 2. The molecular weight excluding hydrogens is 412 g/mol. The summed E-state index contributed by atoms with van der Waals surface area (Å²) in [6.07, 6.45) is 4.25. The fraction of sp³-hybridized carbons (Fsp3) is 0.444. The number of nitrogens with zero attached hydrogens (tertiary/aromatic N) is 3. The van der Waals surface area contributed by atoms with E-state index in [0.29, 0.717) is 24.8 Å². The molecule has 0 bridgehead atoms. The van der Waals surface area contributed by atoms with Crippen LogP contribution in [0, 0.1) is 12.8 Å². The first kappa shape index (κ1) is 21.7. The van der Waals surface area contributed by atoms with Gasteiger partial charge < -0.3 is 14.8 Å². The van der Waals surface area contributed by atoms with Crippen LogP contribution < -0.4 is 5.32 Å². The number of aryl methyl sites for hydroxylation is 1. The maximum atomic E-state index is 13.8. The maximum Gasteiger partial charge on any atom is 0.291 e. The van der Waals surface area contributed by atoms with Crippen LogP contribution in [-0.2, 0) is 17.9 Å². The van der Waals surface area contributed by atoms with Gasteiger partial charge in [-0.15, -0.1) is 0 Å². The van der Waals surface area contributed by atoms with Crippen molar-refractivity contribution in [3.63, 3.8) is 0 Å². The minimum atomic E-state index is -1.01. The van der Waals surface area contributed by atoms with Crippen molar-refractivity contribution in [2.24, 2.45) is 5.92 Å². The monoisotopic (exact) mass is 444 g/mol. The molecule has 3 aromatic rings. The van der Waals surface area contributed by atoms with Gasteiger partial charge in [0.25, 0.3) is 5.91 Å². The normalized spacial score (nSPS) is 25.2. The average molecular weight is 445 g/mol. The zero-order chi connectivity index (χ0) is 23.2. The number of nitrogens with one attached hydrogen (secondary N) is 1. The van der Waals surface area contributed by atoms with Crippen molar-refractivity contribution in [2.45, 2.75) is 71.1 Å². The molecule has 6 heteroatoms. The van der Waals surface area contributed by atoms with Gasteiger partial charge in [-0.2, -0.15) is 0 Å². The molecule has 1 saturated carbocycles. The summed E-state index contributed by atoms with van der Waals surface area (Å²) in [7, 11) is 0. The van der Waals surface area contributed by atoms with Gasteiger partial charge in [-0.3, -0.25) is 9.59 Å². The maximum absolute atomic E-state index is 13.8. The van der Waals surface area contributed by atoms with E-state index in [-0.39, 0.29) is 17.9 Å². The van der Waals surface area contributed by atoms with Crippen LogP contribution in [-0.4, -0.2) is 37.8 Å². The predicted octanol–water partition coefficient (Wildman–Crippen LogP) is 4.45. The van der Waals surface area contributed by atoms with Crippen LogP contribution >= 0.6 is 0 Å². The third kappa shape index (κ3) is 3.81. The number of imidazole rings is 1. The Hall–Kier alpha value is -3.15. The van der Waals surface area contributed by atoms with E-state index >= 15 is 0 Å². The average Bonchev–Trinajstić information content (AvgIpc) is 3.18. The zero-order valence-corrected chi connectivity index (χ0v) is 19.7. The Kier molecular flexibility index (Phi) is 5.47. The van der Waals surface area contributed by atoms with Crippen molar-refractivity contribution in [2.75, 3.05) is 0 Å². The van der Waals surface area contributed by atoms with Gasteiger partial charge in [0.1, 0.15) is 5.54 Å². The van der Waals surface area contributed by atoms with E-state index in [1.807, 2.05) is 66.9 Å². The lowest BCUT2D eigenvalue weighted by atomic mass is 9.86. The van der Waals surface area contributed by atoms with Crippen LogP contribution in [0.3, 0.4) is 0 Å². The van der Waals surface area contributed by atoms with Gasteiger partial charge in [-0.25, -0.2) is 4.98 Å². The van der Waals surface area contributed by atoms with Crippen LogP contribution in [0.25, 0.3) is 11.0 Å². The summed E-state index contributed by atoms with van der Waals surface area (Å²) in [5.74, 6) is 0.840. The van der Waals surface area contributed by atoms with Crippen molar-refractivity contribution in [1.82, 2.24) is 19.8 Å². The van der Waals surface area contributed by atoms with Gasteiger partial charge in [0, 0.05) is 12.6 Å². The van der Waals surface area contributed by atoms with Crippen molar-refractivity contribution < 1.29 is 9.59 Å². The highest BCUT2D eigenvalue weighted by molar-refractivity contribution is 6.01. The lowest BCUT2D eigenvalue weighted by Crippen LogP contribution is -2.64. The fourth-order valence-corrected chi connectivity index (χ4v) is 5.28. The molecule has 5 rings (SSSR count). The summed E-state index contributed by atoms with van der Waals surface area (Å²) in [4.78, 5) is 34.0. The number of rotatable bonds is 4. The summed E-state index contributed by atoms with van der Waals surface area (Å²) in [5.41, 5.74) is 2.80. The Morgan fingerprint density at radius 2 is 1.79 bits per heavy atom. The highest BCUT2D eigenvalue weighted by Gasteiger charge is 2.49. The van der Waals surface area contributed by atoms with Crippen molar-refractivity contribution in [3.05, 3.63) is 65.5 Å². The first-order valence-electron chi connectivity index (χ1n) is 12.0. The minimum Gasteiger partial charge on any atom is -0.351 e.